The van der Waals surface area contributed by atoms with Crippen LogP contribution in [0.25, 0.3) is 11.1 Å². The lowest BCUT2D eigenvalue weighted by Crippen LogP contribution is -2.45. The van der Waals surface area contributed by atoms with Gasteiger partial charge in [-0.05, 0) is 59.8 Å². The van der Waals surface area contributed by atoms with Crippen LogP contribution in [0.5, 0.6) is 0 Å². The van der Waals surface area contributed by atoms with Gasteiger partial charge in [-0.2, -0.15) is 0 Å². The first-order valence-electron chi connectivity index (χ1n) is 14.2. The Kier molecular flexibility index (Phi) is 9.09. The van der Waals surface area contributed by atoms with Crippen molar-refractivity contribution in [3.05, 3.63) is 95.1 Å². The molecule has 6 heteroatoms. The standard InChI is InChI=1S/C33H40N2O4/c1-23-31(21-35-17-4-3-5-18-35)38-33(39-32(23)28-11-9-25(22-36)10-12-28)29-15-13-27(14-16-29)30-8-6-7-26(19-30)20-34-24(2)37/h6-16,19,23,31-33,36H,3-5,17-18,20-22H2,1-2H3,(H,34,37). The number of benzene rings is 3. The second-order valence-electron chi connectivity index (χ2n) is 10.9. The Morgan fingerprint density at radius 3 is 2.31 bits per heavy atom. The molecule has 0 spiro atoms. The Morgan fingerprint density at radius 1 is 0.897 bits per heavy atom. The van der Waals surface area contributed by atoms with Gasteiger partial charge in [0.2, 0.25) is 5.91 Å². The molecule has 2 heterocycles. The number of likely N-dealkylation sites (tertiary alicyclic amines) is 1. The van der Waals surface area contributed by atoms with E-state index >= 15 is 0 Å². The second kappa shape index (κ2) is 12.9. The second-order valence-corrected chi connectivity index (χ2v) is 10.9. The van der Waals surface area contributed by atoms with Gasteiger partial charge in [0, 0.05) is 31.5 Å². The van der Waals surface area contributed by atoms with Gasteiger partial charge in [0.25, 0.3) is 0 Å². The molecule has 2 fully saturated rings. The zero-order valence-corrected chi connectivity index (χ0v) is 23.0. The van der Waals surface area contributed by atoms with Crippen LogP contribution in [-0.4, -0.2) is 41.7 Å². The predicted molar refractivity (Wildman–Crippen MR) is 153 cm³/mol. The quantitative estimate of drug-likeness (QED) is 0.389. The van der Waals surface area contributed by atoms with Gasteiger partial charge in [0.05, 0.1) is 18.8 Å². The number of aliphatic hydroxyl groups excluding tert-OH is 1. The summed E-state index contributed by atoms with van der Waals surface area (Å²) in [6, 6.07) is 24.8. The van der Waals surface area contributed by atoms with Crippen LogP contribution in [-0.2, 0) is 27.4 Å². The molecule has 206 valence electrons. The van der Waals surface area contributed by atoms with Crippen molar-refractivity contribution in [1.29, 1.82) is 0 Å². The molecule has 0 radical (unpaired) electrons. The fraction of sp³-hybridized carbons (Fsp3) is 0.424. The molecule has 4 atom stereocenters. The molecule has 6 nitrogen and oxygen atoms in total. The molecule has 0 saturated carbocycles. The maximum atomic E-state index is 11.3. The summed E-state index contributed by atoms with van der Waals surface area (Å²) in [5.74, 6) is 0.154. The van der Waals surface area contributed by atoms with E-state index in [0.717, 1.165) is 53.0 Å². The van der Waals surface area contributed by atoms with Crippen molar-refractivity contribution in [2.45, 2.75) is 64.8 Å². The Morgan fingerprint density at radius 2 is 1.62 bits per heavy atom. The number of hydrogen-bond acceptors (Lipinski definition) is 5. The molecule has 2 N–H and O–H groups in total. The van der Waals surface area contributed by atoms with Crippen LogP contribution in [0.1, 0.15) is 67.8 Å². The monoisotopic (exact) mass is 528 g/mol. The third kappa shape index (κ3) is 6.95. The van der Waals surface area contributed by atoms with Gasteiger partial charge in [-0.15, -0.1) is 0 Å². The van der Waals surface area contributed by atoms with E-state index in [4.69, 9.17) is 9.47 Å². The molecule has 0 aromatic heterocycles. The number of aliphatic hydroxyl groups is 1. The number of hydrogen-bond donors (Lipinski definition) is 2. The van der Waals surface area contributed by atoms with Crippen LogP contribution < -0.4 is 5.32 Å². The highest BCUT2D eigenvalue weighted by Gasteiger charge is 2.39. The number of ether oxygens (including phenoxy) is 2. The summed E-state index contributed by atoms with van der Waals surface area (Å²) >= 11 is 0. The van der Waals surface area contributed by atoms with Crippen molar-refractivity contribution in [3.63, 3.8) is 0 Å². The Balaban J connectivity index is 1.36. The van der Waals surface area contributed by atoms with E-state index in [2.05, 4.69) is 65.7 Å². The third-order valence-electron chi connectivity index (χ3n) is 7.99. The molecule has 0 aliphatic carbocycles. The smallest absolute Gasteiger partial charge is 0.217 e. The maximum Gasteiger partial charge on any atom is 0.217 e. The minimum absolute atomic E-state index is 0.0345. The van der Waals surface area contributed by atoms with Gasteiger partial charge in [-0.3, -0.25) is 4.79 Å². The van der Waals surface area contributed by atoms with E-state index in [1.165, 1.54) is 26.2 Å². The van der Waals surface area contributed by atoms with Crippen molar-refractivity contribution in [2.24, 2.45) is 5.92 Å². The van der Waals surface area contributed by atoms with Crippen molar-refractivity contribution in [2.75, 3.05) is 19.6 Å². The number of amides is 1. The number of carbonyl (C=O) groups excluding carboxylic acids is 1. The number of piperidine rings is 1. The first-order valence-corrected chi connectivity index (χ1v) is 14.2. The highest BCUT2D eigenvalue weighted by molar-refractivity contribution is 5.73. The van der Waals surface area contributed by atoms with Crippen LogP contribution in [0.2, 0.25) is 0 Å². The minimum Gasteiger partial charge on any atom is -0.392 e. The molecular weight excluding hydrogens is 488 g/mol. The predicted octanol–water partition coefficient (Wildman–Crippen LogP) is 5.76. The van der Waals surface area contributed by atoms with Crippen molar-refractivity contribution in [1.82, 2.24) is 10.2 Å². The number of carbonyl (C=O) groups is 1. The lowest BCUT2D eigenvalue weighted by atomic mass is 9.89. The zero-order chi connectivity index (χ0) is 27.2. The van der Waals surface area contributed by atoms with Crippen LogP contribution in [0.4, 0.5) is 0 Å². The molecule has 2 aliphatic heterocycles. The van der Waals surface area contributed by atoms with Crippen LogP contribution in [0, 0.1) is 5.92 Å². The van der Waals surface area contributed by atoms with Crippen LogP contribution >= 0.6 is 0 Å². The Hall–Kier alpha value is -3.03. The fourth-order valence-corrected chi connectivity index (χ4v) is 5.64. The number of nitrogens with zero attached hydrogens (tertiary/aromatic N) is 1. The van der Waals surface area contributed by atoms with Crippen molar-refractivity contribution < 1.29 is 19.4 Å². The Labute approximate surface area is 232 Å². The molecule has 2 aliphatic rings. The summed E-state index contributed by atoms with van der Waals surface area (Å²) in [5, 5.41) is 12.4. The van der Waals surface area contributed by atoms with E-state index in [1.54, 1.807) is 0 Å². The summed E-state index contributed by atoms with van der Waals surface area (Å²) in [7, 11) is 0. The summed E-state index contributed by atoms with van der Waals surface area (Å²) in [6.45, 7) is 7.48. The third-order valence-corrected chi connectivity index (χ3v) is 7.99. The molecule has 2 saturated heterocycles. The summed E-state index contributed by atoms with van der Waals surface area (Å²) in [5.41, 5.74) is 6.29. The summed E-state index contributed by atoms with van der Waals surface area (Å²) in [6.07, 6.45) is 3.30. The van der Waals surface area contributed by atoms with E-state index in [1.807, 2.05) is 24.3 Å². The van der Waals surface area contributed by atoms with Gasteiger partial charge in [0.1, 0.15) is 0 Å². The van der Waals surface area contributed by atoms with Crippen molar-refractivity contribution in [3.8, 4) is 11.1 Å². The van der Waals surface area contributed by atoms with Crippen LogP contribution in [0.15, 0.2) is 72.8 Å². The summed E-state index contributed by atoms with van der Waals surface area (Å²) in [4.78, 5) is 13.8. The molecule has 0 bridgehead atoms. The number of rotatable bonds is 8. The average Bonchev–Trinajstić information content (AvgIpc) is 2.98. The highest BCUT2D eigenvalue weighted by Crippen LogP contribution is 2.42. The molecule has 39 heavy (non-hydrogen) atoms. The summed E-state index contributed by atoms with van der Waals surface area (Å²) < 4.78 is 13.3. The first kappa shape index (κ1) is 27.5. The van der Waals surface area contributed by atoms with Gasteiger partial charge >= 0.3 is 0 Å². The Bertz CT molecular complexity index is 1220. The van der Waals surface area contributed by atoms with E-state index in [9.17, 15) is 9.90 Å². The van der Waals surface area contributed by atoms with Gasteiger partial charge in [-0.1, -0.05) is 80.1 Å². The molecule has 5 rings (SSSR count). The van der Waals surface area contributed by atoms with Crippen molar-refractivity contribution >= 4 is 5.91 Å². The highest BCUT2D eigenvalue weighted by atomic mass is 16.7. The molecular formula is C33H40N2O4. The normalized spacial score (nSPS) is 23.9. The van der Waals surface area contributed by atoms with Gasteiger partial charge in [-0.25, -0.2) is 0 Å². The van der Waals surface area contributed by atoms with E-state index in [0.29, 0.717) is 6.54 Å². The zero-order valence-electron chi connectivity index (χ0n) is 23.0. The first-order chi connectivity index (χ1) is 19.0. The topological polar surface area (TPSA) is 71.0 Å². The maximum absolute atomic E-state index is 11.3. The van der Waals surface area contributed by atoms with Gasteiger partial charge < -0.3 is 24.8 Å². The van der Waals surface area contributed by atoms with Gasteiger partial charge in [0.15, 0.2) is 6.29 Å². The average molecular weight is 529 g/mol. The SMILES string of the molecule is CC(=O)NCc1cccc(-c2ccc(C3OC(CN4CCCCC4)C(C)C(c4ccc(CO)cc4)O3)cc2)c1. The lowest BCUT2D eigenvalue weighted by molar-refractivity contribution is -0.276. The van der Waals surface area contributed by atoms with E-state index in [-0.39, 0.29) is 30.6 Å². The molecule has 4 unspecified atom stereocenters. The fourth-order valence-electron chi connectivity index (χ4n) is 5.64. The number of nitrogens with one attached hydrogen (secondary N) is 1. The largest absolute Gasteiger partial charge is 0.392 e. The minimum atomic E-state index is -0.460. The lowest BCUT2D eigenvalue weighted by Gasteiger charge is -2.43. The molecule has 1 amide bonds. The van der Waals surface area contributed by atoms with E-state index < -0.39 is 6.29 Å². The molecule has 3 aromatic carbocycles. The van der Waals surface area contributed by atoms with Crippen LogP contribution in [0.3, 0.4) is 0 Å². The molecule has 3 aromatic rings.